The number of benzene rings is 1. The molecule has 1 heterocycles. The summed E-state index contributed by atoms with van der Waals surface area (Å²) in [6.45, 7) is 0. The predicted molar refractivity (Wildman–Crippen MR) is 85.2 cm³/mol. The SMILES string of the molecule is COc1cc(N)ccc1S(=O)(=O)Nc1cnc(Cl)c(Br)c1. The molecule has 2 rings (SSSR count). The number of nitrogen functional groups attached to an aromatic ring is 1. The highest BCUT2D eigenvalue weighted by atomic mass is 79.9. The Morgan fingerprint density at radius 1 is 1.38 bits per heavy atom. The van der Waals surface area contributed by atoms with Gasteiger partial charge in [-0.05, 0) is 34.1 Å². The van der Waals surface area contributed by atoms with E-state index in [4.69, 9.17) is 22.1 Å². The van der Waals surface area contributed by atoms with Crippen LogP contribution in [-0.2, 0) is 10.0 Å². The molecule has 0 aliphatic carbocycles. The van der Waals surface area contributed by atoms with Gasteiger partial charge in [0.15, 0.2) is 0 Å². The second kappa shape index (κ2) is 6.08. The van der Waals surface area contributed by atoms with E-state index in [1.54, 1.807) is 0 Å². The maximum atomic E-state index is 12.4. The number of halogens is 2. The highest BCUT2D eigenvalue weighted by Gasteiger charge is 2.20. The van der Waals surface area contributed by atoms with Crippen molar-refractivity contribution in [3.8, 4) is 5.75 Å². The first-order chi connectivity index (χ1) is 9.83. The number of nitrogens with zero attached hydrogens (tertiary/aromatic N) is 1. The van der Waals surface area contributed by atoms with Crippen LogP contribution in [0.2, 0.25) is 5.15 Å². The molecule has 21 heavy (non-hydrogen) atoms. The normalized spacial score (nSPS) is 11.2. The van der Waals surface area contributed by atoms with Gasteiger partial charge in [-0.25, -0.2) is 13.4 Å². The Balaban J connectivity index is 2.40. The molecule has 0 saturated carbocycles. The quantitative estimate of drug-likeness (QED) is 0.616. The van der Waals surface area contributed by atoms with Gasteiger partial charge >= 0.3 is 0 Å². The van der Waals surface area contributed by atoms with E-state index in [2.05, 4.69) is 25.6 Å². The molecule has 6 nitrogen and oxygen atoms in total. The van der Waals surface area contributed by atoms with E-state index in [-0.39, 0.29) is 21.5 Å². The minimum Gasteiger partial charge on any atom is -0.495 e. The molecule has 9 heteroatoms. The third kappa shape index (κ3) is 3.58. The topological polar surface area (TPSA) is 94.3 Å². The van der Waals surface area contributed by atoms with Crippen LogP contribution in [0, 0.1) is 0 Å². The lowest BCUT2D eigenvalue weighted by molar-refractivity contribution is 0.403. The number of aromatic nitrogens is 1. The molecule has 0 spiro atoms. The Hall–Kier alpha value is -1.51. The molecule has 1 aromatic heterocycles. The molecule has 0 aliphatic rings. The lowest BCUT2D eigenvalue weighted by Gasteiger charge is -2.12. The van der Waals surface area contributed by atoms with E-state index in [0.717, 1.165) is 0 Å². The number of sulfonamides is 1. The molecule has 0 radical (unpaired) electrons. The van der Waals surface area contributed by atoms with Gasteiger partial charge in [0.2, 0.25) is 0 Å². The first-order valence-corrected chi connectivity index (χ1v) is 8.26. The molecule has 0 aliphatic heterocycles. The summed E-state index contributed by atoms with van der Waals surface area (Å²) >= 11 is 8.94. The van der Waals surface area contributed by atoms with Crippen LogP contribution >= 0.6 is 27.5 Å². The number of rotatable bonds is 4. The number of hydrogen-bond donors (Lipinski definition) is 2. The zero-order valence-corrected chi connectivity index (χ0v) is 14.0. The fourth-order valence-electron chi connectivity index (χ4n) is 1.59. The summed E-state index contributed by atoms with van der Waals surface area (Å²) in [6, 6.07) is 5.79. The van der Waals surface area contributed by atoms with Crippen LogP contribution in [0.15, 0.2) is 39.8 Å². The second-order valence-electron chi connectivity index (χ2n) is 4.01. The predicted octanol–water partition coefficient (Wildman–Crippen LogP) is 2.89. The average Bonchev–Trinajstić information content (AvgIpc) is 2.42. The summed E-state index contributed by atoms with van der Waals surface area (Å²) < 4.78 is 32.7. The van der Waals surface area contributed by atoms with Gasteiger partial charge in [-0.1, -0.05) is 11.6 Å². The highest BCUT2D eigenvalue weighted by Crippen LogP contribution is 2.29. The monoisotopic (exact) mass is 391 g/mol. The summed E-state index contributed by atoms with van der Waals surface area (Å²) in [7, 11) is -2.47. The van der Waals surface area contributed by atoms with Crippen LogP contribution in [0.3, 0.4) is 0 Å². The Morgan fingerprint density at radius 2 is 2.10 bits per heavy atom. The van der Waals surface area contributed by atoms with Crippen LogP contribution < -0.4 is 15.2 Å². The molecular weight excluding hydrogens is 382 g/mol. The molecule has 0 atom stereocenters. The van der Waals surface area contributed by atoms with Crippen LogP contribution in [0.4, 0.5) is 11.4 Å². The zero-order valence-electron chi connectivity index (χ0n) is 10.8. The zero-order chi connectivity index (χ0) is 15.6. The highest BCUT2D eigenvalue weighted by molar-refractivity contribution is 9.10. The Kier molecular flexibility index (Phi) is 4.60. The first kappa shape index (κ1) is 15.9. The van der Waals surface area contributed by atoms with E-state index >= 15 is 0 Å². The van der Waals surface area contributed by atoms with Crippen molar-refractivity contribution in [3.05, 3.63) is 40.1 Å². The van der Waals surface area contributed by atoms with Gasteiger partial charge in [-0.2, -0.15) is 0 Å². The van der Waals surface area contributed by atoms with Crippen molar-refractivity contribution in [1.82, 2.24) is 4.98 Å². The molecule has 2 aromatic rings. The number of methoxy groups -OCH3 is 1. The maximum Gasteiger partial charge on any atom is 0.265 e. The summed E-state index contributed by atoms with van der Waals surface area (Å²) in [5, 5.41) is 0.239. The molecule has 0 fully saturated rings. The molecule has 0 saturated heterocycles. The number of ether oxygens (including phenoxy) is 1. The lowest BCUT2D eigenvalue weighted by Crippen LogP contribution is -2.14. The summed E-state index contributed by atoms with van der Waals surface area (Å²) in [6.07, 6.45) is 1.31. The van der Waals surface area contributed by atoms with Crippen molar-refractivity contribution in [3.63, 3.8) is 0 Å². The largest absolute Gasteiger partial charge is 0.495 e. The Bertz CT molecular complexity index is 783. The van der Waals surface area contributed by atoms with Gasteiger partial charge in [0, 0.05) is 11.8 Å². The van der Waals surface area contributed by atoms with Gasteiger partial charge in [-0.15, -0.1) is 0 Å². The van der Waals surface area contributed by atoms with Crippen LogP contribution in [0.5, 0.6) is 5.75 Å². The van der Waals surface area contributed by atoms with Gasteiger partial charge in [0.05, 0.1) is 23.5 Å². The third-order valence-electron chi connectivity index (χ3n) is 2.53. The van der Waals surface area contributed by atoms with Gasteiger partial charge in [0.1, 0.15) is 15.8 Å². The number of nitrogens with one attached hydrogen (secondary N) is 1. The van der Waals surface area contributed by atoms with Crippen molar-refractivity contribution < 1.29 is 13.2 Å². The number of hydrogen-bond acceptors (Lipinski definition) is 5. The second-order valence-corrected chi connectivity index (χ2v) is 6.88. The first-order valence-electron chi connectivity index (χ1n) is 5.61. The van der Waals surface area contributed by atoms with Crippen LogP contribution in [0.25, 0.3) is 0 Å². The molecule has 0 amide bonds. The van der Waals surface area contributed by atoms with Gasteiger partial charge in [-0.3, -0.25) is 4.72 Å². The van der Waals surface area contributed by atoms with E-state index < -0.39 is 10.0 Å². The van der Waals surface area contributed by atoms with Crippen molar-refractivity contribution >= 4 is 48.9 Å². The molecular formula is C12H11BrClN3O3S. The third-order valence-corrected chi connectivity index (χ3v) is 5.08. The van der Waals surface area contributed by atoms with Gasteiger partial charge < -0.3 is 10.5 Å². The van der Waals surface area contributed by atoms with Crippen molar-refractivity contribution in [2.24, 2.45) is 0 Å². The minimum atomic E-state index is -3.84. The fraction of sp³-hybridized carbons (Fsp3) is 0.0833. The van der Waals surface area contributed by atoms with Gasteiger partial charge in [0.25, 0.3) is 10.0 Å². The van der Waals surface area contributed by atoms with Crippen LogP contribution in [-0.4, -0.2) is 20.5 Å². The number of pyridine rings is 1. The van der Waals surface area contributed by atoms with E-state index in [1.165, 1.54) is 37.6 Å². The molecule has 0 unspecified atom stereocenters. The average molecular weight is 393 g/mol. The van der Waals surface area contributed by atoms with Crippen molar-refractivity contribution in [2.75, 3.05) is 17.6 Å². The maximum absolute atomic E-state index is 12.4. The molecule has 112 valence electrons. The van der Waals surface area contributed by atoms with E-state index in [1.807, 2.05) is 0 Å². The number of nitrogens with two attached hydrogens (primary N) is 1. The Labute approximate surface area is 135 Å². The molecule has 3 N–H and O–H groups in total. The Morgan fingerprint density at radius 3 is 2.71 bits per heavy atom. The minimum absolute atomic E-state index is 0.0229. The summed E-state index contributed by atoms with van der Waals surface area (Å²) in [4.78, 5) is 3.83. The smallest absolute Gasteiger partial charge is 0.265 e. The lowest BCUT2D eigenvalue weighted by atomic mass is 10.3. The van der Waals surface area contributed by atoms with Crippen molar-refractivity contribution in [2.45, 2.75) is 4.90 Å². The van der Waals surface area contributed by atoms with Crippen LogP contribution in [0.1, 0.15) is 0 Å². The van der Waals surface area contributed by atoms with E-state index in [9.17, 15) is 8.42 Å². The number of anilines is 2. The van der Waals surface area contributed by atoms with E-state index in [0.29, 0.717) is 10.2 Å². The molecule has 1 aromatic carbocycles. The standard InChI is InChI=1S/C12H11BrClN3O3S/c1-20-10-4-7(15)2-3-11(10)21(18,19)17-8-5-9(13)12(14)16-6-8/h2-6,17H,15H2,1H3. The summed E-state index contributed by atoms with van der Waals surface area (Å²) in [5.41, 5.74) is 6.28. The van der Waals surface area contributed by atoms with Crippen molar-refractivity contribution in [1.29, 1.82) is 0 Å². The molecule has 0 bridgehead atoms. The summed E-state index contributed by atoms with van der Waals surface area (Å²) in [5.74, 6) is 0.156. The fourth-order valence-corrected chi connectivity index (χ4v) is 3.23.